The molecule has 0 aliphatic carbocycles. The molecule has 0 saturated carbocycles. The topological polar surface area (TPSA) is 140 Å². The van der Waals surface area contributed by atoms with Gasteiger partial charge in [-0.05, 0) is 60.2 Å². The van der Waals surface area contributed by atoms with Crippen LogP contribution < -0.4 is 27.6 Å². The zero-order valence-corrected chi connectivity index (χ0v) is 17.6. The molecule has 5 aromatic rings. The van der Waals surface area contributed by atoms with Gasteiger partial charge in [0.05, 0.1) is 11.4 Å². The molecular formula is C24H21N7O2. The van der Waals surface area contributed by atoms with Gasteiger partial charge >= 0.3 is 5.69 Å². The molecule has 9 nitrogen and oxygen atoms in total. The average molecular weight is 439 g/mol. The maximum Gasteiger partial charge on any atom is 0.339 e. The van der Waals surface area contributed by atoms with Crippen molar-refractivity contribution in [2.45, 2.75) is 6.54 Å². The number of rotatable bonds is 5. The molecule has 0 bridgehead atoms. The molecule has 0 spiro atoms. The Balaban J connectivity index is 1.66. The van der Waals surface area contributed by atoms with Crippen molar-refractivity contribution in [3.05, 3.63) is 95.2 Å². The van der Waals surface area contributed by atoms with Crippen LogP contribution in [0.1, 0.15) is 5.56 Å². The summed E-state index contributed by atoms with van der Waals surface area (Å²) in [5.41, 5.74) is 20.9. The molecule has 0 atom stereocenters. The predicted molar refractivity (Wildman–Crippen MR) is 128 cm³/mol. The summed E-state index contributed by atoms with van der Waals surface area (Å²) >= 11 is 0. The van der Waals surface area contributed by atoms with Crippen LogP contribution in [0.15, 0.2) is 83.9 Å². The van der Waals surface area contributed by atoms with E-state index in [0.717, 1.165) is 5.56 Å². The second-order valence-electron chi connectivity index (χ2n) is 7.43. The summed E-state index contributed by atoms with van der Waals surface area (Å²) in [5.74, 6) is 1.53. The third-order valence-corrected chi connectivity index (χ3v) is 5.22. The average Bonchev–Trinajstić information content (AvgIpc) is 3.13. The van der Waals surface area contributed by atoms with Crippen LogP contribution in [-0.4, -0.2) is 19.1 Å². The Labute approximate surface area is 188 Å². The zero-order valence-electron chi connectivity index (χ0n) is 17.6. The molecule has 3 aromatic carbocycles. The molecule has 33 heavy (non-hydrogen) atoms. The van der Waals surface area contributed by atoms with Crippen molar-refractivity contribution in [3.8, 4) is 22.9 Å². The van der Waals surface area contributed by atoms with Crippen LogP contribution >= 0.6 is 0 Å². The summed E-state index contributed by atoms with van der Waals surface area (Å²) in [6.45, 7) is 0.283. The van der Waals surface area contributed by atoms with Crippen LogP contribution in [0.2, 0.25) is 0 Å². The van der Waals surface area contributed by atoms with E-state index >= 15 is 0 Å². The van der Waals surface area contributed by atoms with E-state index in [1.54, 1.807) is 42.5 Å². The van der Waals surface area contributed by atoms with Crippen molar-refractivity contribution in [2.24, 2.45) is 5.73 Å². The van der Waals surface area contributed by atoms with E-state index in [0.29, 0.717) is 39.7 Å². The number of nitrogen functional groups attached to an aromatic ring is 2. The summed E-state index contributed by atoms with van der Waals surface area (Å²) in [4.78, 5) is 22.1. The molecular weight excluding hydrogens is 418 g/mol. The van der Waals surface area contributed by atoms with Crippen molar-refractivity contribution < 1.29 is 4.74 Å². The van der Waals surface area contributed by atoms with E-state index in [1.807, 2.05) is 30.3 Å². The largest absolute Gasteiger partial charge is 0.457 e. The predicted octanol–water partition coefficient (Wildman–Crippen LogP) is 2.99. The van der Waals surface area contributed by atoms with Gasteiger partial charge in [-0.1, -0.05) is 18.2 Å². The van der Waals surface area contributed by atoms with Gasteiger partial charge in [-0.25, -0.2) is 19.3 Å². The summed E-state index contributed by atoms with van der Waals surface area (Å²) < 4.78 is 8.79. The van der Waals surface area contributed by atoms with E-state index in [9.17, 15) is 4.79 Å². The van der Waals surface area contributed by atoms with Gasteiger partial charge in [0.2, 0.25) is 0 Å². The lowest BCUT2D eigenvalue weighted by molar-refractivity contribution is 0.482. The van der Waals surface area contributed by atoms with Crippen LogP contribution in [0.5, 0.6) is 11.5 Å². The first-order valence-electron chi connectivity index (χ1n) is 10.2. The molecule has 0 aliphatic rings. The molecule has 6 N–H and O–H groups in total. The summed E-state index contributed by atoms with van der Waals surface area (Å²) in [7, 11) is 0. The lowest BCUT2D eigenvalue weighted by Crippen LogP contribution is -2.22. The number of aromatic nitrogens is 4. The fourth-order valence-corrected chi connectivity index (χ4v) is 3.75. The number of benzene rings is 3. The fourth-order valence-electron chi connectivity index (χ4n) is 3.75. The number of ether oxygens (including phenoxy) is 1. The Hall–Kier alpha value is -4.63. The van der Waals surface area contributed by atoms with Gasteiger partial charge in [-0.15, -0.1) is 0 Å². The Morgan fingerprint density at radius 3 is 2.27 bits per heavy atom. The highest BCUT2D eigenvalue weighted by atomic mass is 16.5. The zero-order chi connectivity index (χ0) is 22.9. The minimum Gasteiger partial charge on any atom is -0.457 e. The number of anilines is 2. The first kappa shape index (κ1) is 20.3. The van der Waals surface area contributed by atoms with Crippen LogP contribution in [0.25, 0.3) is 22.5 Å². The van der Waals surface area contributed by atoms with Crippen molar-refractivity contribution in [1.29, 1.82) is 0 Å². The maximum absolute atomic E-state index is 13.6. The molecule has 0 saturated heterocycles. The SMILES string of the molecule is NCc1cc(N)cc(-n2c(=O)n(-c3ccc(Oc4ccccc4)cc3)c3c(N)ncnc32)c1. The van der Waals surface area contributed by atoms with E-state index < -0.39 is 0 Å². The van der Waals surface area contributed by atoms with E-state index in [1.165, 1.54) is 15.5 Å². The van der Waals surface area contributed by atoms with Gasteiger partial charge in [0, 0.05) is 12.2 Å². The van der Waals surface area contributed by atoms with E-state index in [2.05, 4.69) is 9.97 Å². The maximum atomic E-state index is 13.6. The lowest BCUT2D eigenvalue weighted by Gasteiger charge is -2.08. The molecule has 0 aliphatic heterocycles. The quantitative estimate of drug-likeness (QED) is 0.358. The number of fused-ring (bicyclic) bond motifs is 1. The van der Waals surface area contributed by atoms with Crippen LogP contribution in [-0.2, 0) is 6.54 Å². The number of hydrogen-bond donors (Lipinski definition) is 3. The van der Waals surface area contributed by atoms with Gasteiger partial charge in [0.25, 0.3) is 0 Å². The second-order valence-corrected chi connectivity index (χ2v) is 7.43. The standard InChI is InChI=1S/C24H21N7O2/c25-13-15-10-16(26)12-18(11-15)31-23-21(22(27)28-14-29-23)30(24(31)32)17-6-8-20(9-7-17)33-19-4-2-1-3-5-19/h1-12,14H,13,25-26H2,(H2,27,28,29). The minimum atomic E-state index is -0.359. The Bertz CT molecular complexity index is 1510. The monoisotopic (exact) mass is 439 g/mol. The molecule has 5 rings (SSSR count). The van der Waals surface area contributed by atoms with Crippen LogP contribution in [0.4, 0.5) is 11.5 Å². The molecule has 2 aromatic heterocycles. The molecule has 0 fully saturated rings. The minimum absolute atomic E-state index is 0.184. The normalized spacial score (nSPS) is 11.1. The second kappa shape index (κ2) is 8.13. The Kier molecular flexibility index (Phi) is 5.00. The van der Waals surface area contributed by atoms with Gasteiger partial charge < -0.3 is 21.9 Å². The molecule has 0 amide bonds. The van der Waals surface area contributed by atoms with Gasteiger partial charge in [0.15, 0.2) is 11.5 Å². The first-order chi connectivity index (χ1) is 16.0. The van der Waals surface area contributed by atoms with Gasteiger partial charge in [0.1, 0.15) is 23.3 Å². The van der Waals surface area contributed by atoms with Crippen molar-refractivity contribution >= 4 is 22.7 Å². The number of imidazole rings is 1. The van der Waals surface area contributed by atoms with Gasteiger partial charge in [-0.3, -0.25) is 4.57 Å². The summed E-state index contributed by atoms with van der Waals surface area (Å²) in [6, 6.07) is 21.8. The molecule has 0 unspecified atom stereocenters. The fraction of sp³-hybridized carbons (Fsp3) is 0.0417. The third-order valence-electron chi connectivity index (χ3n) is 5.22. The Morgan fingerprint density at radius 2 is 1.55 bits per heavy atom. The van der Waals surface area contributed by atoms with Gasteiger partial charge in [-0.2, -0.15) is 0 Å². The molecule has 164 valence electrons. The smallest absolute Gasteiger partial charge is 0.339 e. The van der Waals surface area contributed by atoms with Crippen LogP contribution in [0.3, 0.4) is 0 Å². The Morgan fingerprint density at radius 1 is 0.818 bits per heavy atom. The number of para-hydroxylation sites is 1. The van der Waals surface area contributed by atoms with E-state index in [-0.39, 0.29) is 18.1 Å². The van der Waals surface area contributed by atoms with Crippen LogP contribution in [0, 0.1) is 0 Å². The molecule has 9 heteroatoms. The molecule has 2 heterocycles. The summed E-state index contributed by atoms with van der Waals surface area (Å²) in [6.07, 6.45) is 1.32. The lowest BCUT2D eigenvalue weighted by atomic mass is 10.1. The highest BCUT2D eigenvalue weighted by molar-refractivity contribution is 5.85. The van der Waals surface area contributed by atoms with Crippen molar-refractivity contribution in [3.63, 3.8) is 0 Å². The summed E-state index contributed by atoms with van der Waals surface area (Å²) in [5, 5.41) is 0. The van der Waals surface area contributed by atoms with Crippen molar-refractivity contribution in [2.75, 3.05) is 11.5 Å². The number of nitrogens with zero attached hydrogens (tertiary/aromatic N) is 4. The van der Waals surface area contributed by atoms with Crippen molar-refractivity contribution in [1.82, 2.24) is 19.1 Å². The highest BCUT2D eigenvalue weighted by Gasteiger charge is 2.20. The number of hydrogen-bond acceptors (Lipinski definition) is 7. The van der Waals surface area contributed by atoms with E-state index in [4.69, 9.17) is 21.9 Å². The number of nitrogens with two attached hydrogens (primary N) is 3. The molecule has 0 radical (unpaired) electrons. The first-order valence-corrected chi connectivity index (χ1v) is 10.2. The third kappa shape index (κ3) is 3.66. The highest BCUT2D eigenvalue weighted by Crippen LogP contribution is 2.26.